The maximum atomic E-state index is 7.38. The van der Waals surface area contributed by atoms with Crippen LogP contribution in [0, 0.1) is 0 Å². The molecule has 2 heterocycles. The molecule has 0 N–H and O–H groups in total. The third-order valence-electron chi connectivity index (χ3n) is 14.4. The van der Waals surface area contributed by atoms with Gasteiger partial charge in [-0.15, -0.1) is 0 Å². The molecule has 0 amide bonds. The average Bonchev–Trinajstić information content (AvgIpc) is 3.48. The summed E-state index contributed by atoms with van der Waals surface area (Å²) >= 11 is 14.2. The van der Waals surface area contributed by atoms with E-state index in [4.69, 9.17) is 33.2 Å². The predicted octanol–water partition coefficient (Wildman–Crippen LogP) is 20.2. The zero-order chi connectivity index (χ0) is 49.5. The van der Waals surface area contributed by atoms with Crippen LogP contribution < -0.4 is 0 Å². The number of pyridine rings is 2. The number of aromatic nitrogens is 2. The van der Waals surface area contributed by atoms with Gasteiger partial charge in [-0.2, -0.15) is 0 Å². The maximum Gasteiger partial charge on any atom is 0.0708 e. The summed E-state index contributed by atoms with van der Waals surface area (Å²) in [6, 6.07) is 89.9. The smallest absolute Gasteiger partial charge is 0.0708 e. The van der Waals surface area contributed by atoms with E-state index in [1.807, 2.05) is 42.7 Å². The van der Waals surface area contributed by atoms with Gasteiger partial charge in [0, 0.05) is 55.8 Å². The van der Waals surface area contributed by atoms with Crippen molar-refractivity contribution in [3.63, 3.8) is 0 Å². The zero-order valence-corrected chi connectivity index (χ0v) is 41.6. The van der Waals surface area contributed by atoms with Crippen LogP contribution in [0.4, 0.5) is 0 Å². The molecular formula is C70H44Cl2N2. The Balaban J connectivity index is 0.841. The minimum Gasteiger partial charge on any atom is -0.256 e. The molecule has 2 aromatic heterocycles. The molecule has 0 atom stereocenters. The van der Waals surface area contributed by atoms with E-state index in [0.29, 0.717) is 10.0 Å². The fraction of sp³-hybridized carbons (Fsp3) is 0. The highest BCUT2D eigenvalue weighted by atomic mass is 35.5. The molecule has 0 aliphatic heterocycles. The van der Waals surface area contributed by atoms with E-state index in [2.05, 4.69) is 224 Å². The van der Waals surface area contributed by atoms with Crippen molar-refractivity contribution in [2.24, 2.45) is 0 Å². The fourth-order valence-corrected chi connectivity index (χ4v) is 11.1. The lowest BCUT2D eigenvalue weighted by Gasteiger charge is -2.16. The van der Waals surface area contributed by atoms with E-state index in [1.54, 1.807) is 0 Å². The Labute approximate surface area is 440 Å². The number of benzene rings is 11. The Morgan fingerprint density at radius 3 is 1.18 bits per heavy atom. The Hall–Kier alpha value is -8.92. The summed E-state index contributed by atoms with van der Waals surface area (Å²) in [4.78, 5) is 10.1. The van der Waals surface area contributed by atoms with Crippen LogP contribution in [0.25, 0.3) is 133 Å². The van der Waals surface area contributed by atoms with Crippen LogP contribution in [-0.2, 0) is 0 Å². The standard InChI is InChI=1S/C70H44Cl2N2/c71-67-25-12-11-24-60(67)65-43-74-70(41-62(65)48-30-26-46(27-31-48)52-19-13-18-51(38-52)45-14-3-1-4-15-45)50-32-28-47(29-33-50)53-34-37-61(68(72)40-53)66-44-73-69(49-16-5-2-6-17-49)42-63(66)54-35-36-59-57-22-8-7-20-55(57)56-21-9-10-23-58(56)64(59)39-54/h1-44H. The molecule has 348 valence electrons. The first kappa shape index (κ1) is 45.0. The predicted molar refractivity (Wildman–Crippen MR) is 313 cm³/mol. The molecule has 2 nitrogen and oxygen atoms in total. The molecule has 0 unspecified atom stereocenters. The summed E-state index contributed by atoms with van der Waals surface area (Å²) in [5.41, 5.74) is 18.7. The van der Waals surface area contributed by atoms with Crippen LogP contribution in [0.1, 0.15) is 0 Å². The van der Waals surface area contributed by atoms with Crippen LogP contribution in [0.5, 0.6) is 0 Å². The lowest BCUT2D eigenvalue weighted by Crippen LogP contribution is -1.93. The molecule has 4 heteroatoms. The van der Waals surface area contributed by atoms with Gasteiger partial charge in [0.15, 0.2) is 0 Å². The van der Waals surface area contributed by atoms with Gasteiger partial charge < -0.3 is 0 Å². The van der Waals surface area contributed by atoms with Gasteiger partial charge in [0.05, 0.1) is 11.4 Å². The van der Waals surface area contributed by atoms with Gasteiger partial charge in [-0.05, 0) is 124 Å². The van der Waals surface area contributed by atoms with Gasteiger partial charge in [-0.3, -0.25) is 9.97 Å². The van der Waals surface area contributed by atoms with Gasteiger partial charge in [-0.25, -0.2) is 0 Å². The molecule has 0 spiro atoms. The molecule has 0 fully saturated rings. The summed E-state index contributed by atoms with van der Waals surface area (Å²) in [5, 5.41) is 8.75. The van der Waals surface area contributed by atoms with Crippen molar-refractivity contribution in [2.75, 3.05) is 0 Å². The molecule has 0 saturated heterocycles. The van der Waals surface area contributed by atoms with Crippen molar-refractivity contribution < 1.29 is 0 Å². The normalized spacial score (nSPS) is 11.4. The van der Waals surface area contributed by atoms with Gasteiger partial charge in [0.25, 0.3) is 0 Å². The third kappa shape index (κ3) is 8.40. The van der Waals surface area contributed by atoms with Gasteiger partial charge in [0.2, 0.25) is 0 Å². The largest absolute Gasteiger partial charge is 0.256 e. The summed E-state index contributed by atoms with van der Waals surface area (Å²) in [5.74, 6) is 0. The molecule has 0 bridgehead atoms. The molecule has 13 rings (SSSR count). The summed E-state index contributed by atoms with van der Waals surface area (Å²) < 4.78 is 0. The second-order valence-electron chi connectivity index (χ2n) is 18.7. The fourth-order valence-electron chi connectivity index (χ4n) is 10.6. The Bertz CT molecular complexity index is 4210. The quantitative estimate of drug-likeness (QED) is 0.135. The number of halogens is 2. The first-order chi connectivity index (χ1) is 36.5. The Morgan fingerprint density at radius 2 is 0.595 bits per heavy atom. The third-order valence-corrected chi connectivity index (χ3v) is 15.0. The SMILES string of the molecule is Clc1ccccc1-c1cnc(-c2ccc(-c3ccc(-c4cnc(-c5ccccc5)cc4-c4ccc5c6ccccc6c6ccccc6c5c4)c(Cl)c3)cc2)cc1-c1ccc(-c2cccc(-c3ccccc3)c2)cc1. The topological polar surface area (TPSA) is 25.8 Å². The van der Waals surface area contributed by atoms with Crippen LogP contribution in [0.15, 0.2) is 267 Å². The van der Waals surface area contributed by atoms with Crippen molar-refractivity contribution in [3.8, 4) is 100 Å². The highest BCUT2D eigenvalue weighted by Gasteiger charge is 2.18. The lowest BCUT2D eigenvalue weighted by molar-refractivity contribution is 1.32. The molecular weight excluding hydrogens is 940 g/mol. The minimum atomic E-state index is 0.649. The number of nitrogens with zero attached hydrogens (tertiary/aromatic N) is 2. The van der Waals surface area contributed by atoms with Crippen LogP contribution >= 0.6 is 23.2 Å². The van der Waals surface area contributed by atoms with Crippen LogP contribution in [0.3, 0.4) is 0 Å². The molecule has 0 aliphatic carbocycles. The minimum absolute atomic E-state index is 0.649. The van der Waals surface area contributed by atoms with Gasteiger partial charge in [-0.1, -0.05) is 242 Å². The van der Waals surface area contributed by atoms with E-state index < -0.39 is 0 Å². The monoisotopic (exact) mass is 982 g/mol. The highest BCUT2D eigenvalue weighted by Crippen LogP contribution is 2.44. The van der Waals surface area contributed by atoms with Crippen molar-refractivity contribution in [1.29, 1.82) is 0 Å². The van der Waals surface area contributed by atoms with E-state index in [9.17, 15) is 0 Å². The van der Waals surface area contributed by atoms with Crippen LogP contribution in [0.2, 0.25) is 10.0 Å². The number of hydrogen-bond acceptors (Lipinski definition) is 2. The molecule has 0 radical (unpaired) electrons. The first-order valence-corrected chi connectivity index (χ1v) is 25.6. The molecule has 0 aliphatic rings. The zero-order valence-electron chi connectivity index (χ0n) is 40.1. The van der Waals surface area contributed by atoms with Crippen LogP contribution in [-0.4, -0.2) is 9.97 Å². The van der Waals surface area contributed by atoms with E-state index in [0.717, 1.165) is 83.7 Å². The summed E-state index contributed by atoms with van der Waals surface area (Å²) in [6.07, 6.45) is 3.93. The van der Waals surface area contributed by atoms with Crippen molar-refractivity contribution in [3.05, 3.63) is 277 Å². The molecule has 0 saturated carbocycles. The van der Waals surface area contributed by atoms with Crippen molar-refractivity contribution in [2.45, 2.75) is 0 Å². The Morgan fingerprint density at radius 1 is 0.203 bits per heavy atom. The van der Waals surface area contributed by atoms with E-state index in [1.165, 1.54) is 49.0 Å². The number of fused-ring (bicyclic) bond motifs is 6. The molecule has 13 aromatic rings. The Kier molecular flexibility index (Phi) is 11.7. The van der Waals surface area contributed by atoms with Crippen molar-refractivity contribution >= 4 is 55.5 Å². The summed E-state index contributed by atoms with van der Waals surface area (Å²) in [6.45, 7) is 0. The van der Waals surface area contributed by atoms with Gasteiger partial charge in [0.1, 0.15) is 0 Å². The average molecular weight is 984 g/mol. The number of rotatable bonds is 9. The van der Waals surface area contributed by atoms with Gasteiger partial charge >= 0.3 is 0 Å². The first-order valence-electron chi connectivity index (χ1n) is 24.8. The second-order valence-corrected chi connectivity index (χ2v) is 19.5. The van der Waals surface area contributed by atoms with E-state index in [-0.39, 0.29) is 0 Å². The van der Waals surface area contributed by atoms with Crippen molar-refractivity contribution in [1.82, 2.24) is 9.97 Å². The highest BCUT2D eigenvalue weighted by molar-refractivity contribution is 6.34. The number of hydrogen-bond donors (Lipinski definition) is 0. The molecule has 74 heavy (non-hydrogen) atoms. The van der Waals surface area contributed by atoms with E-state index >= 15 is 0 Å². The second kappa shape index (κ2) is 19.3. The summed E-state index contributed by atoms with van der Waals surface area (Å²) in [7, 11) is 0. The molecule has 11 aromatic carbocycles. The maximum absolute atomic E-state index is 7.38. The lowest BCUT2D eigenvalue weighted by atomic mass is 9.89.